The number of fused-ring (bicyclic) bond motifs is 1. The maximum Gasteiger partial charge on any atom is 0.320 e. The number of nitrogens with zero attached hydrogens (tertiary/aromatic N) is 3. The minimum absolute atomic E-state index is 0.393. The number of benzene rings is 1. The summed E-state index contributed by atoms with van der Waals surface area (Å²) in [5.41, 5.74) is 3.73. The molecule has 0 spiro atoms. The molecule has 7 heteroatoms. The fourth-order valence-electron chi connectivity index (χ4n) is 1.58. The number of nitrogens with one attached hydrogen (secondary N) is 2. The normalized spacial score (nSPS) is 10.9. The van der Waals surface area contributed by atoms with Gasteiger partial charge in [-0.25, -0.2) is 4.98 Å². The maximum atomic E-state index is 5.41. The molecule has 0 atom stereocenters. The maximum absolute atomic E-state index is 5.41. The molecule has 0 fully saturated rings. The smallest absolute Gasteiger partial charge is 0.320 e. The van der Waals surface area contributed by atoms with E-state index in [1.54, 1.807) is 11.3 Å². The average Bonchev–Trinajstić information content (AvgIpc) is 2.98. The predicted octanol–water partition coefficient (Wildman–Crippen LogP) is 2.14. The molecule has 0 aliphatic heterocycles. The summed E-state index contributed by atoms with van der Waals surface area (Å²) in [7, 11) is 1.83. The van der Waals surface area contributed by atoms with Crippen molar-refractivity contribution in [2.75, 3.05) is 12.4 Å². The average molecular weight is 261 g/mol. The second kappa shape index (κ2) is 4.71. The molecular formula is C11H11N5OS. The summed E-state index contributed by atoms with van der Waals surface area (Å²) in [5.74, 6) is 0.555. The molecule has 2 N–H and O–H groups in total. The van der Waals surface area contributed by atoms with E-state index in [-0.39, 0.29) is 0 Å². The van der Waals surface area contributed by atoms with Gasteiger partial charge in [0.05, 0.1) is 22.3 Å². The van der Waals surface area contributed by atoms with Crippen molar-refractivity contribution in [2.24, 2.45) is 0 Å². The topological polar surface area (TPSA) is 75.9 Å². The second-order valence-electron chi connectivity index (χ2n) is 3.69. The summed E-state index contributed by atoms with van der Waals surface area (Å²) in [6, 6.07) is 6.29. The van der Waals surface area contributed by atoms with Crippen LogP contribution in [-0.4, -0.2) is 22.2 Å². The SMILES string of the molecule is CNCc1nnc(Nc2ccc3ncsc3c2)o1. The summed E-state index contributed by atoms with van der Waals surface area (Å²) in [5, 5.41) is 13.8. The molecule has 0 aliphatic rings. The van der Waals surface area contributed by atoms with Gasteiger partial charge in [0.25, 0.3) is 0 Å². The predicted molar refractivity (Wildman–Crippen MR) is 70.0 cm³/mol. The first-order valence-corrected chi connectivity index (χ1v) is 6.30. The van der Waals surface area contributed by atoms with E-state index in [1.807, 2.05) is 30.8 Å². The van der Waals surface area contributed by atoms with E-state index in [0.717, 1.165) is 15.9 Å². The minimum Gasteiger partial charge on any atom is -0.406 e. The Bertz CT molecular complexity index is 662. The number of hydrogen-bond acceptors (Lipinski definition) is 7. The molecule has 3 rings (SSSR count). The highest BCUT2D eigenvalue weighted by atomic mass is 32.1. The molecule has 0 bridgehead atoms. The van der Waals surface area contributed by atoms with E-state index in [4.69, 9.17) is 4.42 Å². The molecule has 2 heterocycles. The molecule has 92 valence electrons. The number of aromatic nitrogens is 3. The molecule has 2 aromatic heterocycles. The van der Waals surface area contributed by atoms with Gasteiger partial charge in [-0.2, -0.15) is 0 Å². The van der Waals surface area contributed by atoms with E-state index >= 15 is 0 Å². The van der Waals surface area contributed by atoms with Gasteiger partial charge < -0.3 is 15.1 Å². The molecule has 0 unspecified atom stereocenters. The van der Waals surface area contributed by atoms with Gasteiger partial charge in [0.2, 0.25) is 5.89 Å². The zero-order valence-corrected chi connectivity index (χ0v) is 10.5. The fraction of sp³-hybridized carbons (Fsp3) is 0.182. The van der Waals surface area contributed by atoms with Crippen LogP contribution in [0.4, 0.5) is 11.7 Å². The number of rotatable bonds is 4. The van der Waals surface area contributed by atoms with Crippen LogP contribution in [0.2, 0.25) is 0 Å². The van der Waals surface area contributed by atoms with E-state index in [2.05, 4.69) is 25.8 Å². The van der Waals surface area contributed by atoms with Crippen LogP contribution < -0.4 is 10.6 Å². The first-order valence-electron chi connectivity index (χ1n) is 5.42. The van der Waals surface area contributed by atoms with Gasteiger partial charge in [0, 0.05) is 5.69 Å². The molecule has 1 aromatic carbocycles. The minimum atomic E-state index is 0.393. The fourth-order valence-corrected chi connectivity index (χ4v) is 2.30. The lowest BCUT2D eigenvalue weighted by Crippen LogP contribution is -2.04. The van der Waals surface area contributed by atoms with E-state index < -0.39 is 0 Å². The Kier molecular flexibility index (Phi) is 2.91. The molecule has 0 amide bonds. The summed E-state index contributed by atoms with van der Waals surface area (Å²) in [6.45, 7) is 0.558. The van der Waals surface area contributed by atoms with Crippen LogP contribution in [0.25, 0.3) is 10.2 Å². The van der Waals surface area contributed by atoms with Crippen LogP contribution in [-0.2, 0) is 6.54 Å². The van der Waals surface area contributed by atoms with Crippen molar-refractivity contribution in [1.82, 2.24) is 20.5 Å². The van der Waals surface area contributed by atoms with Gasteiger partial charge in [-0.1, -0.05) is 5.10 Å². The van der Waals surface area contributed by atoms with E-state index in [1.165, 1.54) is 0 Å². The Balaban J connectivity index is 1.81. The van der Waals surface area contributed by atoms with Crippen molar-refractivity contribution in [1.29, 1.82) is 0 Å². The summed E-state index contributed by atoms with van der Waals surface area (Å²) in [4.78, 5) is 4.23. The van der Waals surface area contributed by atoms with E-state index in [9.17, 15) is 0 Å². The molecule has 3 aromatic rings. The Morgan fingerprint density at radius 1 is 1.33 bits per heavy atom. The first-order chi connectivity index (χ1) is 8.85. The van der Waals surface area contributed by atoms with Crippen molar-refractivity contribution < 1.29 is 4.42 Å². The first kappa shape index (κ1) is 11.1. The summed E-state index contributed by atoms with van der Waals surface area (Å²) >= 11 is 1.60. The Hall–Kier alpha value is -1.99. The van der Waals surface area contributed by atoms with Gasteiger partial charge in [0.1, 0.15) is 0 Å². The van der Waals surface area contributed by atoms with Crippen molar-refractivity contribution in [3.63, 3.8) is 0 Å². The van der Waals surface area contributed by atoms with E-state index in [0.29, 0.717) is 18.5 Å². The Morgan fingerprint density at radius 3 is 3.17 bits per heavy atom. The zero-order valence-electron chi connectivity index (χ0n) is 9.67. The Morgan fingerprint density at radius 2 is 2.28 bits per heavy atom. The molecule has 0 saturated heterocycles. The molecule has 18 heavy (non-hydrogen) atoms. The van der Waals surface area contributed by atoms with Gasteiger partial charge in [-0.15, -0.1) is 16.4 Å². The summed E-state index contributed by atoms with van der Waals surface area (Å²) < 4.78 is 6.53. The van der Waals surface area contributed by atoms with Crippen LogP contribution in [0.5, 0.6) is 0 Å². The third-order valence-electron chi connectivity index (χ3n) is 2.38. The zero-order chi connectivity index (χ0) is 12.4. The van der Waals surface area contributed by atoms with Crippen molar-refractivity contribution in [2.45, 2.75) is 6.54 Å². The largest absolute Gasteiger partial charge is 0.406 e. The van der Waals surface area contributed by atoms with Crippen molar-refractivity contribution in [3.8, 4) is 0 Å². The van der Waals surface area contributed by atoms with Gasteiger partial charge in [-0.3, -0.25) is 0 Å². The van der Waals surface area contributed by atoms with Crippen molar-refractivity contribution in [3.05, 3.63) is 29.6 Å². The van der Waals surface area contributed by atoms with Crippen LogP contribution in [0, 0.1) is 0 Å². The van der Waals surface area contributed by atoms with Crippen LogP contribution in [0.3, 0.4) is 0 Å². The van der Waals surface area contributed by atoms with Crippen LogP contribution in [0.15, 0.2) is 28.1 Å². The highest BCUT2D eigenvalue weighted by Crippen LogP contribution is 2.23. The number of thiazole rings is 1. The molecule has 0 saturated carbocycles. The lowest BCUT2D eigenvalue weighted by Gasteiger charge is -2.00. The third kappa shape index (κ3) is 2.18. The Labute approximate surface area is 107 Å². The van der Waals surface area contributed by atoms with Crippen LogP contribution in [0.1, 0.15) is 5.89 Å². The van der Waals surface area contributed by atoms with Gasteiger partial charge >= 0.3 is 6.01 Å². The van der Waals surface area contributed by atoms with Crippen molar-refractivity contribution >= 4 is 33.3 Å². The molecule has 0 radical (unpaired) electrons. The summed E-state index contributed by atoms with van der Waals surface area (Å²) in [6.07, 6.45) is 0. The van der Waals surface area contributed by atoms with Gasteiger partial charge in [0.15, 0.2) is 0 Å². The third-order valence-corrected chi connectivity index (χ3v) is 3.17. The lowest BCUT2D eigenvalue weighted by molar-refractivity contribution is 0.493. The van der Waals surface area contributed by atoms with Crippen LogP contribution >= 0.6 is 11.3 Å². The molecular weight excluding hydrogens is 250 g/mol. The number of anilines is 2. The highest BCUT2D eigenvalue weighted by Gasteiger charge is 2.06. The quantitative estimate of drug-likeness (QED) is 0.749. The second-order valence-corrected chi connectivity index (χ2v) is 4.58. The molecule has 0 aliphatic carbocycles. The lowest BCUT2D eigenvalue weighted by atomic mass is 10.3. The van der Waals surface area contributed by atoms with Gasteiger partial charge in [-0.05, 0) is 25.2 Å². The molecule has 6 nitrogen and oxygen atoms in total. The standard InChI is InChI=1S/C11H11N5OS/c1-12-5-10-15-16-11(17-10)14-7-2-3-8-9(4-7)18-6-13-8/h2-4,6,12H,5H2,1H3,(H,14,16). The monoisotopic (exact) mass is 261 g/mol. The highest BCUT2D eigenvalue weighted by molar-refractivity contribution is 7.16. The number of hydrogen-bond donors (Lipinski definition) is 2.